The summed E-state index contributed by atoms with van der Waals surface area (Å²) < 4.78 is 91.8. The Morgan fingerprint density at radius 3 is 1.53 bits per heavy atom. The van der Waals surface area contributed by atoms with Gasteiger partial charge in [-0.15, -0.1) is 0 Å². The van der Waals surface area contributed by atoms with Crippen LogP contribution < -0.4 is 0 Å². The molecule has 2 aromatic carbocycles. The van der Waals surface area contributed by atoms with Crippen LogP contribution in [0.5, 0.6) is 0 Å². The SMILES string of the molecule is O=C(c1c(C(F)(F)F)cccc1C(F)(F)F)[PH](=O)CCCCCCCCCCCCc1ccccc1. The van der Waals surface area contributed by atoms with Gasteiger partial charge in [-0.2, -0.15) is 26.3 Å². The highest BCUT2D eigenvalue weighted by molar-refractivity contribution is 7.64. The zero-order valence-electron chi connectivity index (χ0n) is 20.2. The van der Waals surface area contributed by atoms with E-state index in [-0.39, 0.29) is 6.16 Å². The largest absolute Gasteiger partial charge is 0.417 e. The molecule has 2 nitrogen and oxygen atoms in total. The van der Waals surface area contributed by atoms with Crippen LogP contribution in [0.2, 0.25) is 0 Å². The summed E-state index contributed by atoms with van der Waals surface area (Å²) in [5, 5.41) is 0. The molecule has 0 amide bonds. The maximum Gasteiger partial charge on any atom is 0.417 e. The van der Waals surface area contributed by atoms with Gasteiger partial charge in [0.2, 0.25) is 5.52 Å². The summed E-state index contributed by atoms with van der Waals surface area (Å²) in [5.41, 5.74) is -5.11. The highest BCUT2D eigenvalue weighted by Gasteiger charge is 2.43. The van der Waals surface area contributed by atoms with Crippen molar-refractivity contribution in [3.8, 4) is 0 Å². The fraction of sp³-hybridized carbons (Fsp3) is 0.519. The van der Waals surface area contributed by atoms with Crippen LogP contribution in [-0.4, -0.2) is 11.7 Å². The van der Waals surface area contributed by atoms with E-state index in [1.807, 2.05) is 18.2 Å². The van der Waals surface area contributed by atoms with E-state index in [1.165, 1.54) is 24.8 Å². The second-order valence-electron chi connectivity index (χ2n) is 9.00. The molecule has 2 rings (SSSR count). The number of rotatable bonds is 15. The third kappa shape index (κ3) is 10.1. The summed E-state index contributed by atoms with van der Waals surface area (Å²) in [6, 6.07) is 11.8. The summed E-state index contributed by atoms with van der Waals surface area (Å²) in [4.78, 5) is 12.4. The van der Waals surface area contributed by atoms with Gasteiger partial charge in [0, 0.05) is 11.7 Å². The van der Waals surface area contributed by atoms with Crippen molar-refractivity contribution >= 4 is 13.3 Å². The number of carbonyl (C=O) groups is 1. The molecule has 0 aliphatic heterocycles. The van der Waals surface area contributed by atoms with Gasteiger partial charge in [-0.25, -0.2) is 0 Å². The van der Waals surface area contributed by atoms with Gasteiger partial charge in [0.25, 0.3) is 0 Å². The summed E-state index contributed by atoms with van der Waals surface area (Å²) in [6.45, 7) is 0. The zero-order valence-corrected chi connectivity index (χ0v) is 21.2. The lowest BCUT2D eigenvalue weighted by Crippen LogP contribution is -2.19. The molecule has 0 fully saturated rings. The second-order valence-corrected chi connectivity index (χ2v) is 10.8. The fourth-order valence-electron chi connectivity index (χ4n) is 4.20. The maximum atomic E-state index is 13.2. The van der Waals surface area contributed by atoms with Gasteiger partial charge in [0.05, 0.1) is 11.1 Å². The molecule has 0 saturated heterocycles. The monoisotopic (exact) mass is 534 g/mol. The highest BCUT2D eigenvalue weighted by atomic mass is 31.1. The van der Waals surface area contributed by atoms with Crippen LogP contribution in [0, 0.1) is 0 Å². The fourth-order valence-corrected chi connectivity index (χ4v) is 5.54. The Morgan fingerprint density at radius 2 is 1.06 bits per heavy atom. The predicted molar refractivity (Wildman–Crippen MR) is 131 cm³/mol. The van der Waals surface area contributed by atoms with Crippen LogP contribution in [-0.2, 0) is 23.3 Å². The van der Waals surface area contributed by atoms with Gasteiger partial charge in [-0.05, 0) is 37.0 Å². The minimum atomic E-state index is -5.16. The average molecular weight is 535 g/mol. The molecule has 0 heterocycles. The molecule has 0 radical (unpaired) electrons. The first-order chi connectivity index (χ1) is 17.0. The molecule has 0 aromatic heterocycles. The molecule has 200 valence electrons. The van der Waals surface area contributed by atoms with Crippen molar-refractivity contribution in [1.29, 1.82) is 0 Å². The van der Waals surface area contributed by atoms with Crippen molar-refractivity contribution in [2.45, 2.75) is 83.0 Å². The molecular weight excluding hydrogens is 501 g/mol. The topological polar surface area (TPSA) is 34.1 Å². The smallest absolute Gasteiger partial charge is 0.318 e. The second kappa shape index (κ2) is 14.6. The highest BCUT2D eigenvalue weighted by Crippen LogP contribution is 2.43. The van der Waals surface area contributed by atoms with Gasteiger partial charge >= 0.3 is 12.4 Å². The third-order valence-electron chi connectivity index (χ3n) is 6.12. The molecule has 0 bridgehead atoms. The number of hydrogen-bond donors (Lipinski definition) is 0. The molecule has 0 spiro atoms. The lowest BCUT2D eigenvalue weighted by molar-refractivity contribution is -0.143. The number of alkyl halides is 6. The number of unbranched alkanes of at least 4 members (excludes halogenated alkanes) is 9. The Hall–Kier alpha value is -2.08. The van der Waals surface area contributed by atoms with Crippen molar-refractivity contribution < 1.29 is 35.7 Å². The van der Waals surface area contributed by atoms with E-state index in [0.717, 1.165) is 38.5 Å². The van der Waals surface area contributed by atoms with Crippen LogP contribution in [0.15, 0.2) is 48.5 Å². The van der Waals surface area contributed by atoms with Crippen molar-refractivity contribution in [1.82, 2.24) is 0 Å². The molecule has 1 atom stereocenters. The first-order valence-corrected chi connectivity index (χ1v) is 14.0. The lowest BCUT2D eigenvalue weighted by Gasteiger charge is -2.17. The number of benzene rings is 2. The molecule has 9 heteroatoms. The molecular formula is C27H33F6O2P. The van der Waals surface area contributed by atoms with Crippen molar-refractivity contribution in [2.75, 3.05) is 6.16 Å². The van der Waals surface area contributed by atoms with Crippen molar-refractivity contribution in [3.63, 3.8) is 0 Å². The van der Waals surface area contributed by atoms with Gasteiger partial charge in [0.1, 0.15) is 7.80 Å². The van der Waals surface area contributed by atoms with Crippen LogP contribution >= 0.6 is 7.80 Å². The standard InChI is InChI=1S/C27H33F6O2P/c28-26(29,30)22-18-14-19-23(27(31,32)33)24(22)25(34)36(35)20-13-8-6-4-2-1-3-5-7-10-15-21-16-11-9-12-17-21/h9,11-12,14,16-19,36H,1-8,10,13,15,20H2. The molecule has 36 heavy (non-hydrogen) atoms. The maximum absolute atomic E-state index is 13.2. The number of aryl methyl sites for hydroxylation is 1. The van der Waals surface area contributed by atoms with Gasteiger partial charge in [-0.1, -0.05) is 87.8 Å². The third-order valence-corrected chi connectivity index (χ3v) is 7.68. The van der Waals surface area contributed by atoms with Crippen molar-refractivity contribution in [2.24, 2.45) is 0 Å². The molecule has 1 unspecified atom stereocenters. The summed E-state index contributed by atoms with van der Waals surface area (Å²) in [7, 11) is -3.30. The van der Waals surface area contributed by atoms with Crippen LogP contribution in [0.4, 0.5) is 26.3 Å². The summed E-state index contributed by atoms with van der Waals surface area (Å²) in [5.74, 6) is 0. The van der Waals surface area contributed by atoms with E-state index in [9.17, 15) is 35.7 Å². The van der Waals surface area contributed by atoms with Crippen molar-refractivity contribution in [3.05, 3.63) is 70.8 Å². The minimum absolute atomic E-state index is 0.186. The number of halogens is 6. The average Bonchev–Trinajstić information content (AvgIpc) is 2.83. The van der Waals surface area contributed by atoms with E-state index in [1.54, 1.807) is 0 Å². The lowest BCUT2D eigenvalue weighted by atomic mass is 10.0. The zero-order chi connectivity index (χ0) is 26.6. The van der Waals surface area contributed by atoms with Crippen LogP contribution in [0.3, 0.4) is 0 Å². The molecule has 0 saturated carbocycles. The first-order valence-electron chi connectivity index (χ1n) is 12.4. The van der Waals surface area contributed by atoms with E-state index >= 15 is 0 Å². The molecule has 0 aliphatic carbocycles. The van der Waals surface area contributed by atoms with E-state index in [0.29, 0.717) is 31.0 Å². The van der Waals surface area contributed by atoms with E-state index < -0.39 is 42.4 Å². The molecule has 0 N–H and O–H groups in total. The molecule has 0 aliphatic rings. The Bertz CT molecular complexity index is 938. The Morgan fingerprint density at radius 1 is 0.611 bits per heavy atom. The quantitative estimate of drug-likeness (QED) is 0.130. The van der Waals surface area contributed by atoms with Gasteiger partial charge < -0.3 is 4.57 Å². The van der Waals surface area contributed by atoms with Gasteiger partial charge in [-0.3, -0.25) is 4.79 Å². The summed E-state index contributed by atoms with van der Waals surface area (Å²) in [6.07, 6.45) is 0.158. The van der Waals surface area contributed by atoms with Crippen LogP contribution in [0.25, 0.3) is 0 Å². The number of hydrogen-bond acceptors (Lipinski definition) is 2. The number of carbonyl (C=O) groups excluding carboxylic acids is 1. The Balaban J connectivity index is 1.66. The molecule has 2 aromatic rings. The Labute approximate surface area is 209 Å². The normalized spacial score (nSPS) is 13.1. The first kappa shape index (κ1) is 30.1. The van der Waals surface area contributed by atoms with E-state index in [4.69, 9.17) is 0 Å². The minimum Gasteiger partial charge on any atom is -0.318 e. The Kier molecular flexibility index (Phi) is 12.2. The predicted octanol–water partition coefficient (Wildman–Crippen LogP) is 9.57. The van der Waals surface area contributed by atoms with Gasteiger partial charge in [0.15, 0.2) is 0 Å². The van der Waals surface area contributed by atoms with E-state index in [2.05, 4.69) is 12.1 Å². The summed E-state index contributed by atoms with van der Waals surface area (Å²) >= 11 is 0. The van der Waals surface area contributed by atoms with Crippen LogP contribution in [0.1, 0.15) is 91.3 Å².